The Labute approximate surface area is 124 Å². The second-order valence-corrected chi connectivity index (χ2v) is 5.57. The molecule has 1 fully saturated rings. The normalized spacial score (nSPS) is 18.2. The van der Waals surface area contributed by atoms with E-state index in [2.05, 4.69) is 4.98 Å². The number of carbonyl (C=O) groups is 1. The molecule has 5 heteroatoms. The average Bonchev–Trinajstić information content (AvgIpc) is 3.08. The second-order valence-electron chi connectivity index (χ2n) is 5.57. The molecule has 0 aliphatic carbocycles. The number of likely N-dealkylation sites (tertiary alicyclic amines) is 1. The van der Waals surface area contributed by atoms with Gasteiger partial charge in [-0.05, 0) is 31.9 Å². The quantitative estimate of drug-likeness (QED) is 0.851. The van der Waals surface area contributed by atoms with E-state index in [4.69, 9.17) is 4.98 Å². The summed E-state index contributed by atoms with van der Waals surface area (Å²) in [4.78, 5) is 22.7. The number of hydrogen-bond acceptors (Lipinski definition) is 3. The van der Waals surface area contributed by atoms with Gasteiger partial charge in [-0.1, -0.05) is 6.07 Å². The lowest BCUT2D eigenvalue weighted by Gasteiger charge is -2.23. The third kappa shape index (κ3) is 2.44. The fourth-order valence-corrected chi connectivity index (χ4v) is 2.97. The van der Waals surface area contributed by atoms with Gasteiger partial charge in [0.25, 0.3) is 0 Å². The third-order valence-corrected chi connectivity index (χ3v) is 4.25. The van der Waals surface area contributed by atoms with Gasteiger partial charge in [0.1, 0.15) is 5.82 Å². The molecule has 0 radical (unpaired) electrons. The zero-order valence-corrected chi connectivity index (χ0v) is 12.7. The fraction of sp³-hybridized carbons (Fsp3) is 0.438. The highest BCUT2D eigenvalue weighted by atomic mass is 16.2. The number of rotatable bonds is 2. The summed E-state index contributed by atoms with van der Waals surface area (Å²) in [5, 5.41) is 0. The molecule has 5 nitrogen and oxygen atoms in total. The number of nitrogens with zero attached hydrogens (tertiary/aromatic N) is 4. The Morgan fingerprint density at radius 2 is 2.19 bits per heavy atom. The number of imidazole rings is 1. The van der Waals surface area contributed by atoms with Gasteiger partial charge in [0.15, 0.2) is 0 Å². The molecule has 21 heavy (non-hydrogen) atoms. The van der Waals surface area contributed by atoms with E-state index in [0.29, 0.717) is 0 Å². The van der Waals surface area contributed by atoms with Crippen LogP contribution in [0.3, 0.4) is 0 Å². The van der Waals surface area contributed by atoms with Crippen LogP contribution >= 0.6 is 0 Å². The molecule has 0 unspecified atom stereocenters. The van der Waals surface area contributed by atoms with Gasteiger partial charge < -0.3 is 9.47 Å². The first-order valence-corrected chi connectivity index (χ1v) is 7.31. The summed E-state index contributed by atoms with van der Waals surface area (Å²) in [6, 6.07) is 6.12. The second kappa shape index (κ2) is 5.31. The fourth-order valence-electron chi connectivity index (χ4n) is 2.97. The van der Waals surface area contributed by atoms with E-state index in [1.165, 1.54) is 0 Å². The van der Waals surface area contributed by atoms with Crippen LogP contribution in [0.2, 0.25) is 0 Å². The number of hydrogen-bond donors (Lipinski definition) is 0. The van der Waals surface area contributed by atoms with E-state index in [-0.39, 0.29) is 11.9 Å². The third-order valence-electron chi connectivity index (χ3n) is 4.25. The van der Waals surface area contributed by atoms with Crippen LogP contribution in [0, 0.1) is 6.92 Å². The minimum atomic E-state index is 0.108. The van der Waals surface area contributed by atoms with Gasteiger partial charge in [0.2, 0.25) is 5.91 Å². The standard InChI is InChI=1S/C16H20N4O/c1-11-17-10-16(19(11)3)14-7-4-6-13(18-14)15-8-5-9-20(15)12(2)21/h4,6-7,10,15H,5,8-9H2,1-3H3/t15-/m0/s1. The summed E-state index contributed by atoms with van der Waals surface area (Å²) in [6.07, 6.45) is 3.88. The van der Waals surface area contributed by atoms with Crippen LogP contribution in [0.25, 0.3) is 11.4 Å². The van der Waals surface area contributed by atoms with Crippen molar-refractivity contribution in [1.82, 2.24) is 19.4 Å². The molecule has 0 aromatic carbocycles. The Kier molecular flexibility index (Phi) is 3.49. The lowest BCUT2D eigenvalue weighted by atomic mass is 10.1. The van der Waals surface area contributed by atoms with Gasteiger partial charge in [-0.3, -0.25) is 4.79 Å². The monoisotopic (exact) mass is 284 g/mol. The highest BCUT2D eigenvalue weighted by Crippen LogP contribution is 2.31. The molecular formula is C16H20N4O. The molecule has 3 rings (SSSR count). The first-order valence-electron chi connectivity index (χ1n) is 7.31. The largest absolute Gasteiger partial charge is 0.334 e. The maximum absolute atomic E-state index is 11.7. The van der Waals surface area contributed by atoms with Crippen molar-refractivity contribution in [3.05, 3.63) is 35.9 Å². The number of pyridine rings is 1. The van der Waals surface area contributed by atoms with Crippen molar-refractivity contribution in [3.8, 4) is 11.4 Å². The Morgan fingerprint density at radius 1 is 1.38 bits per heavy atom. The summed E-state index contributed by atoms with van der Waals surface area (Å²) in [5.41, 5.74) is 2.88. The molecular weight excluding hydrogens is 264 g/mol. The summed E-state index contributed by atoms with van der Waals surface area (Å²) in [7, 11) is 1.99. The first kappa shape index (κ1) is 13.8. The number of amides is 1. The van der Waals surface area contributed by atoms with Gasteiger partial charge in [0.05, 0.1) is 29.3 Å². The minimum absolute atomic E-state index is 0.108. The first-order chi connectivity index (χ1) is 10.1. The van der Waals surface area contributed by atoms with Crippen LogP contribution < -0.4 is 0 Å². The summed E-state index contributed by atoms with van der Waals surface area (Å²) >= 11 is 0. The van der Waals surface area contributed by atoms with Gasteiger partial charge in [-0.15, -0.1) is 0 Å². The van der Waals surface area contributed by atoms with Crippen LogP contribution in [0.15, 0.2) is 24.4 Å². The summed E-state index contributed by atoms with van der Waals surface area (Å²) in [5.74, 6) is 1.09. The van der Waals surface area contributed by atoms with E-state index < -0.39 is 0 Å². The lowest BCUT2D eigenvalue weighted by molar-refractivity contribution is -0.129. The Balaban J connectivity index is 1.97. The van der Waals surface area contributed by atoms with Crippen molar-refractivity contribution in [2.24, 2.45) is 7.05 Å². The molecule has 2 aromatic heterocycles. The Hall–Kier alpha value is -2.17. The predicted octanol–water partition coefficient (Wildman–Crippen LogP) is 2.47. The number of aromatic nitrogens is 3. The van der Waals surface area contributed by atoms with Gasteiger partial charge in [-0.2, -0.15) is 0 Å². The molecule has 1 atom stereocenters. The zero-order chi connectivity index (χ0) is 15.0. The van der Waals surface area contributed by atoms with Crippen LogP contribution in [0.5, 0.6) is 0 Å². The Morgan fingerprint density at radius 3 is 2.86 bits per heavy atom. The SMILES string of the molecule is CC(=O)N1CCC[C@H]1c1cccc(-c2cnc(C)n2C)n1. The average molecular weight is 284 g/mol. The Bertz CT molecular complexity index is 677. The van der Waals surface area contributed by atoms with Crippen molar-refractivity contribution in [1.29, 1.82) is 0 Å². The molecule has 3 heterocycles. The molecule has 0 spiro atoms. The van der Waals surface area contributed by atoms with E-state index in [1.54, 1.807) is 6.92 Å². The van der Waals surface area contributed by atoms with Crippen molar-refractivity contribution in [2.75, 3.05) is 6.54 Å². The van der Waals surface area contributed by atoms with Crippen LogP contribution in [0.4, 0.5) is 0 Å². The number of carbonyl (C=O) groups excluding carboxylic acids is 1. The smallest absolute Gasteiger partial charge is 0.220 e. The molecule has 0 bridgehead atoms. The molecule has 1 saturated heterocycles. The van der Waals surface area contributed by atoms with Gasteiger partial charge in [-0.25, -0.2) is 9.97 Å². The van der Waals surface area contributed by atoms with Gasteiger partial charge in [0, 0.05) is 20.5 Å². The highest BCUT2D eigenvalue weighted by molar-refractivity contribution is 5.74. The topological polar surface area (TPSA) is 51.0 Å². The molecule has 110 valence electrons. The molecule has 2 aromatic rings. The molecule has 0 saturated carbocycles. The van der Waals surface area contributed by atoms with E-state index in [0.717, 1.165) is 42.3 Å². The molecule has 1 amide bonds. The highest BCUT2D eigenvalue weighted by Gasteiger charge is 2.29. The van der Waals surface area contributed by atoms with Crippen molar-refractivity contribution < 1.29 is 4.79 Å². The van der Waals surface area contributed by atoms with E-state index in [9.17, 15) is 4.79 Å². The predicted molar refractivity (Wildman–Crippen MR) is 80.5 cm³/mol. The molecule has 1 aliphatic rings. The zero-order valence-electron chi connectivity index (χ0n) is 12.7. The summed E-state index contributed by atoms with van der Waals surface area (Å²) in [6.45, 7) is 4.44. The van der Waals surface area contributed by atoms with E-state index in [1.807, 2.05) is 47.8 Å². The number of aryl methyl sites for hydroxylation is 1. The van der Waals surface area contributed by atoms with Crippen molar-refractivity contribution >= 4 is 5.91 Å². The van der Waals surface area contributed by atoms with Gasteiger partial charge >= 0.3 is 0 Å². The van der Waals surface area contributed by atoms with Crippen molar-refractivity contribution in [3.63, 3.8) is 0 Å². The minimum Gasteiger partial charge on any atom is -0.334 e. The maximum atomic E-state index is 11.7. The van der Waals surface area contributed by atoms with Crippen LogP contribution in [-0.4, -0.2) is 31.9 Å². The van der Waals surface area contributed by atoms with Crippen molar-refractivity contribution in [2.45, 2.75) is 32.7 Å². The molecule has 1 aliphatic heterocycles. The van der Waals surface area contributed by atoms with Crippen LogP contribution in [-0.2, 0) is 11.8 Å². The maximum Gasteiger partial charge on any atom is 0.220 e. The lowest BCUT2D eigenvalue weighted by Crippen LogP contribution is -2.28. The summed E-state index contributed by atoms with van der Waals surface area (Å²) < 4.78 is 2.03. The molecule has 0 N–H and O–H groups in total. The van der Waals surface area contributed by atoms with Crippen LogP contribution in [0.1, 0.15) is 37.3 Å². The van der Waals surface area contributed by atoms with E-state index >= 15 is 0 Å².